The highest BCUT2D eigenvalue weighted by molar-refractivity contribution is 7.89. The van der Waals surface area contributed by atoms with Gasteiger partial charge in [-0.25, -0.2) is 13.1 Å². The van der Waals surface area contributed by atoms with Crippen LogP contribution in [-0.4, -0.2) is 44.9 Å². The van der Waals surface area contributed by atoms with Crippen LogP contribution in [0.15, 0.2) is 17.3 Å². The van der Waals surface area contributed by atoms with Crippen molar-refractivity contribution in [3.8, 4) is 0 Å². The Bertz CT molecular complexity index is 383. The molecule has 92 valence electrons. The first-order chi connectivity index (χ1) is 7.60. The van der Waals surface area contributed by atoms with Gasteiger partial charge in [0.05, 0.1) is 12.8 Å². The first kappa shape index (κ1) is 13.1. The van der Waals surface area contributed by atoms with E-state index in [4.69, 9.17) is 10.5 Å². The number of nitrogens with one attached hydrogen (secondary N) is 2. The van der Waals surface area contributed by atoms with Crippen LogP contribution in [0.25, 0.3) is 0 Å². The van der Waals surface area contributed by atoms with Crippen molar-refractivity contribution in [3.05, 3.63) is 12.3 Å². The Balaban J connectivity index is 2.70. The maximum Gasteiger partial charge on any atom is 0.257 e. The second-order valence-electron chi connectivity index (χ2n) is 3.27. The van der Waals surface area contributed by atoms with Crippen LogP contribution in [0.2, 0.25) is 0 Å². The van der Waals surface area contributed by atoms with Crippen molar-refractivity contribution in [2.45, 2.75) is 17.5 Å². The van der Waals surface area contributed by atoms with Gasteiger partial charge in [0.15, 0.2) is 5.03 Å². The molecule has 0 spiro atoms. The van der Waals surface area contributed by atoms with Crippen molar-refractivity contribution in [3.63, 3.8) is 0 Å². The van der Waals surface area contributed by atoms with E-state index in [1.54, 1.807) is 0 Å². The summed E-state index contributed by atoms with van der Waals surface area (Å²) in [5, 5.41) is 6.02. The quantitative estimate of drug-likeness (QED) is 0.576. The molecule has 0 radical (unpaired) electrons. The number of rotatable bonds is 7. The van der Waals surface area contributed by atoms with Gasteiger partial charge >= 0.3 is 0 Å². The molecule has 0 saturated carbocycles. The van der Waals surface area contributed by atoms with Crippen molar-refractivity contribution in [2.24, 2.45) is 5.73 Å². The van der Waals surface area contributed by atoms with Crippen LogP contribution in [0.3, 0.4) is 0 Å². The van der Waals surface area contributed by atoms with E-state index >= 15 is 0 Å². The molecule has 1 aromatic heterocycles. The van der Waals surface area contributed by atoms with Crippen LogP contribution >= 0.6 is 0 Å². The molecule has 1 rings (SSSR count). The van der Waals surface area contributed by atoms with Gasteiger partial charge < -0.3 is 10.5 Å². The topological polar surface area (TPSA) is 110 Å². The van der Waals surface area contributed by atoms with Gasteiger partial charge in [-0.15, -0.1) is 0 Å². The molecule has 1 aromatic rings. The molecule has 7 nitrogen and oxygen atoms in total. The predicted molar refractivity (Wildman–Crippen MR) is 58.2 cm³/mol. The van der Waals surface area contributed by atoms with Gasteiger partial charge in [-0.3, -0.25) is 5.10 Å². The number of H-pyrrole nitrogens is 1. The largest absolute Gasteiger partial charge is 0.383 e. The summed E-state index contributed by atoms with van der Waals surface area (Å²) in [6.45, 7) is 0.671. The summed E-state index contributed by atoms with van der Waals surface area (Å²) >= 11 is 0. The van der Waals surface area contributed by atoms with E-state index in [1.165, 1.54) is 19.4 Å². The highest BCUT2D eigenvalue weighted by Crippen LogP contribution is 2.05. The fourth-order valence-electron chi connectivity index (χ4n) is 1.25. The Hall–Kier alpha value is -0.960. The van der Waals surface area contributed by atoms with Crippen molar-refractivity contribution < 1.29 is 13.2 Å². The van der Waals surface area contributed by atoms with Gasteiger partial charge in [-0.2, -0.15) is 5.10 Å². The summed E-state index contributed by atoms with van der Waals surface area (Å²) < 4.78 is 31.0. The number of hydrogen-bond acceptors (Lipinski definition) is 5. The summed E-state index contributed by atoms with van der Waals surface area (Å²) in [7, 11) is -2.06. The number of hydrogen-bond donors (Lipinski definition) is 3. The van der Waals surface area contributed by atoms with Crippen molar-refractivity contribution in [1.29, 1.82) is 0 Å². The number of methoxy groups -OCH3 is 1. The molecule has 1 heterocycles. The van der Waals surface area contributed by atoms with Gasteiger partial charge in [-0.05, 0) is 19.0 Å². The van der Waals surface area contributed by atoms with Crippen LogP contribution in [0, 0.1) is 0 Å². The Morgan fingerprint density at radius 3 is 2.94 bits per heavy atom. The van der Waals surface area contributed by atoms with E-state index in [0.29, 0.717) is 13.0 Å². The lowest BCUT2D eigenvalue weighted by Gasteiger charge is -2.16. The van der Waals surface area contributed by atoms with Gasteiger partial charge in [0.25, 0.3) is 10.0 Å². The molecule has 8 heteroatoms. The lowest BCUT2D eigenvalue weighted by atomic mass is 10.2. The Kier molecular flexibility index (Phi) is 4.87. The van der Waals surface area contributed by atoms with E-state index < -0.39 is 10.0 Å². The molecule has 4 N–H and O–H groups in total. The number of sulfonamides is 1. The smallest absolute Gasteiger partial charge is 0.257 e. The maximum atomic E-state index is 11.8. The van der Waals surface area contributed by atoms with E-state index in [1.807, 2.05) is 0 Å². The minimum Gasteiger partial charge on any atom is -0.383 e. The molecular weight excluding hydrogens is 232 g/mol. The van der Waals surface area contributed by atoms with E-state index in [2.05, 4.69) is 14.9 Å². The summed E-state index contributed by atoms with van der Waals surface area (Å²) in [4.78, 5) is 0. The van der Waals surface area contributed by atoms with Crippen LogP contribution in [0.4, 0.5) is 0 Å². The molecule has 0 saturated heterocycles. The molecule has 0 amide bonds. The lowest BCUT2D eigenvalue weighted by Crippen LogP contribution is -2.39. The first-order valence-electron chi connectivity index (χ1n) is 4.81. The number of nitrogens with zero attached hydrogens (tertiary/aromatic N) is 1. The fraction of sp³-hybridized carbons (Fsp3) is 0.625. The normalized spacial score (nSPS) is 13.9. The number of aromatic amines is 1. The SMILES string of the molecule is COCC(CCN)NS(=O)(=O)c1ccn[nH]1. The van der Waals surface area contributed by atoms with Gasteiger partial charge in [-0.1, -0.05) is 0 Å². The monoisotopic (exact) mass is 248 g/mol. The molecule has 0 fully saturated rings. The van der Waals surface area contributed by atoms with E-state index in [-0.39, 0.29) is 17.7 Å². The summed E-state index contributed by atoms with van der Waals surface area (Å²) in [5.74, 6) is 0. The van der Waals surface area contributed by atoms with Crippen molar-refractivity contribution >= 4 is 10.0 Å². The van der Waals surface area contributed by atoms with Gasteiger partial charge in [0.2, 0.25) is 0 Å². The summed E-state index contributed by atoms with van der Waals surface area (Å²) in [5.41, 5.74) is 5.39. The summed E-state index contributed by atoms with van der Waals surface area (Å²) in [6, 6.07) is 1.05. The second kappa shape index (κ2) is 5.94. The maximum absolute atomic E-state index is 11.8. The van der Waals surface area contributed by atoms with Crippen molar-refractivity contribution in [2.75, 3.05) is 20.3 Å². The minimum absolute atomic E-state index is 0.0330. The first-order valence-corrected chi connectivity index (χ1v) is 6.29. The third-order valence-corrected chi connectivity index (χ3v) is 3.42. The molecule has 0 bridgehead atoms. The van der Waals surface area contributed by atoms with E-state index in [9.17, 15) is 8.42 Å². The molecule has 1 atom stereocenters. The number of aromatic nitrogens is 2. The Morgan fingerprint density at radius 2 is 2.44 bits per heavy atom. The van der Waals surface area contributed by atoms with Crippen LogP contribution in [0.1, 0.15) is 6.42 Å². The van der Waals surface area contributed by atoms with Gasteiger partial charge in [0.1, 0.15) is 0 Å². The van der Waals surface area contributed by atoms with Gasteiger partial charge in [0, 0.05) is 13.2 Å². The van der Waals surface area contributed by atoms with Crippen LogP contribution < -0.4 is 10.5 Å². The highest BCUT2D eigenvalue weighted by atomic mass is 32.2. The Labute approximate surface area is 94.4 Å². The van der Waals surface area contributed by atoms with E-state index in [0.717, 1.165) is 0 Å². The molecular formula is C8H16N4O3S. The predicted octanol–water partition coefficient (Wildman–Crippen LogP) is -0.948. The third-order valence-electron chi connectivity index (χ3n) is 1.97. The molecule has 16 heavy (non-hydrogen) atoms. The minimum atomic E-state index is -3.56. The molecule has 0 aliphatic heterocycles. The molecule has 1 unspecified atom stereocenters. The lowest BCUT2D eigenvalue weighted by molar-refractivity contribution is 0.172. The zero-order valence-electron chi connectivity index (χ0n) is 9.01. The fourth-order valence-corrected chi connectivity index (χ4v) is 2.42. The molecule has 0 aromatic carbocycles. The third kappa shape index (κ3) is 3.56. The highest BCUT2D eigenvalue weighted by Gasteiger charge is 2.20. The average Bonchev–Trinajstić information content (AvgIpc) is 2.71. The number of ether oxygens (including phenoxy) is 1. The zero-order valence-corrected chi connectivity index (χ0v) is 9.83. The Morgan fingerprint density at radius 1 is 1.69 bits per heavy atom. The average molecular weight is 248 g/mol. The van der Waals surface area contributed by atoms with Crippen LogP contribution in [-0.2, 0) is 14.8 Å². The second-order valence-corrected chi connectivity index (χ2v) is 4.95. The molecule has 0 aliphatic rings. The molecule has 0 aliphatic carbocycles. The number of nitrogens with two attached hydrogens (primary N) is 1. The summed E-state index contributed by atoms with van der Waals surface area (Å²) in [6.07, 6.45) is 1.89. The zero-order chi connectivity index (χ0) is 12.0. The van der Waals surface area contributed by atoms with Crippen molar-refractivity contribution in [1.82, 2.24) is 14.9 Å². The standard InChI is InChI=1S/C8H16N4O3S/c1-15-6-7(2-4-9)12-16(13,14)8-3-5-10-11-8/h3,5,7,12H,2,4,6,9H2,1H3,(H,10,11). The van der Waals surface area contributed by atoms with Crippen LogP contribution in [0.5, 0.6) is 0 Å².